The number of hydrogen-bond acceptors (Lipinski definition) is 3. The molecule has 0 saturated heterocycles. The van der Waals surface area contributed by atoms with Crippen molar-refractivity contribution in [1.29, 1.82) is 0 Å². The minimum Gasteiger partial charge on any atom is -0.470 e. The van der Waals surface area contributed by atoms with Gasteiger partial charge in [-0.25, -0.2) is 0 Å². The van der Waals surface area contributed by atoms with E-state index in [1.807, 2.05) is 0 Å². The molecule has 0 aliphatic rings. The first-order valence-electron chi connectivity index (χ1n) is 3.03. The van der Waals surface area contributed by atoms with Gasteiger partial charge in [-0.15, -0.1) is 0 Å². The molecule has 0 saturated carbocycles. The average Bonchev–Trinajstić information content (AvgIpc) is 2.11. The number of aryl methyl sites for hydroxylation is 2. The Hall–Kier alpha value is -0.735. The molecule has 2 N–H and O–H groups in total. The van der Waals surface area contributed by atoms with Gasteiger partial charge in [-0.05, 0) is 19.4 Å². The van der Waals surface area contributed by atoms with Crippen molar-refractivity contribution >= 4 is 12.6 Å². The summed E-state index contributed by atoms with van der Waals surface area (Å²) in [5.74, 6) is 0.563. The van der Waals surface area contributed by atoms with Crippen LogP contribution in [0.15, 0.2) is 10.7 Å². The molecule has 0 fully saturated rings. The second kappa shape index (κ2) is 2.48. The van der Waals surface area contributed by atoms with E-state index < -0.39 is 7.12 Å². The smallest absolute Gasteiger partial charge is 0.470 e. The standard InChI is InChI=1S/C6H9BO3/c1-4-3-10-5(2)6(4)7(8)9/h3,8-9H,1-2H3. The largest absolute Gasteiger partial charge is 0.492 e. The molecule has 3 nitrogen and oxygen atoms in total. The van der Waals surface area contributed by atoms with Gasteiger partial charge in [-0.1, -0.05) is 0 Å². The van der Waals surface area contributed by atoms with Crippen LogP contribution in [0.4, 0.5) is 0 Å². The first kappa shape index (κ1) is 7.37. The van der Waals surface area contributed by atoms with Gasteiger partial charge >= 0.3 is 7.12 Å². The number of rotatable bonds is 1. The molecular weight excluding hydrogens is 131 g/mol. The van der Waals surface area contributed by atoms with Crippen LogP contribution in [0.5, 0.6) is 0 Å². The minimum atomic E-state index is -1.42. The molecule has 0 unspecified atom stereocenters. The van der Waals surface area contributed by atoms with Crippen LogP contribution in [0.1, 0.15) is 11.3 Å². The van der Waals surface area contributed by atoms with Gasteiger partial charge in [0, 0.05) is 5.46 Å². The molecule has 54 valence electrons. The number of furan rings is 1. The fraction of sp³-hybridized carbons (Fsp3) is 0.333. The Kier molecular flexibility index (Phi) is 1.83. The molecule has 0 amide bonds. The number of hydrogen-bond donors (Lipinski definition) is 2. The normalized spacial score (nSPS) is 10.0. The van der Waals surface area contributed by atoms with E-state index in [-0.39, 0.29) is 0 Å². The summed E-state index contributed by atoms with van der Waals surface area (Å²) in [7, 11) is -1.42. The molecule has 0 aliphatic carbocycles. The highest BCUT2D eigenvalue weighted by atomic mass is 16.4. The molecule has 10 heavy (non-hydrogen) atoms. The maximum Gasteiger partial charge on any atom is 0.492 e. The topological polar surface area (TPSA) is 53.6 Å². The molecule has 1 aromatic heterocycles. The fourth-order valence-corrected chi connectivity index (χ4v) is 0.967. The lowest BCUT2D eigenvalue weighted by Gasteiger charge is -1.95. The van der Waals surface area contributed by atoms with E-state index in [2.05, 4.69) is 0 Å². The first-order chi connectivity index (χ1) is 4.63. The van der Waals surface area contributed by atoms with E-state index in [1.54, 1.807) is 13.8 Å². The zero-order valence-electron chi connectivity index (χ0n) is 5.96. The van der Waals surface area contributed by atoms with Crippen LogP contribution in [-0.4, -0.2) is 17.2 Å². The summed E-state index contributed by atoms with van der Waals surface area (Å²) in [4.78, 5) is 0. The Morgan fingerprint density at radius 2 is 2.00 bits per heavy atom. The van der Waals surface area contributed by atoms with E-state index in [4.69, 9.17) is 14.5 Å². The summed E-state index contributed by atoms with van der Waals surface area (Å²) in [6.45, 7) is 3.47. The Morgan fingerprint density at radius 1 is 1.40 bits per heavy atom. The third-order valence-electron chi connectivity index (χ3n) is 1.47. The van der Waals surface area contributed by atoms with E-state index in [1.165, 1.54) is 6.26 Å². The van der Waals surface area contributed by atoms with Crippen LogP contribution < -0.4 is 5.46 Å². The van der Waals surface area contributed by atoms with Crippen LogP contribution in [0.25, 0.3) is 0 Å². The maximum atomic E-state index is 8.77. The van der Waals surface area contributed by atoms with Gasteiger partial charge in [0.2, 0.25) is 0 Å². The van der Waals surface area contributed by atoms with Crippen molar-refractivity contribution in [2.75, 3.05) is 0 Å². The van der Waals surface area contributed by atoms with Crippen LogP contribution in [0, 0.1) is 13.8 Å². The monoisotopic (exact) mass is 140 g/mol. The van der Waals surface area contributed by atoms with Crippen molar-refractivity contribution in [3.8, 4) is 0 Å². The first-order valence-corrected chi connectivity index (χ1v) is 3.03. The highest BCUT2D eigenvalue weighted by Crippen LogP contribution is 2.01. The summed E-state index contributed by atoms with van der Waals surface area (Å²) >= 11 is 0. The van der Waals surface area contributed by atoms with Gasteiger partial charge in [-0.2, -0.15) is 0 Å². The highest BCUT2D eigenvalue weighted by Gasteiger charge is 2.19. The van der Waals surface area contributed by atoms with Gasteiger partial charge in [0.15, 0.2) is 0 Å². The fourth-order valence-electron chi connectivity index (χ4n) is 0.967. The zero-order valence-corrected chi connectivity index (χ0v) is 5.96. The van der Waals surface area contributed by atoms with Gasteiger partial charge in [0.25, 0.3) is 0 Å². The lowest BCUT2D eigenvalue weighted by Crippen LogP contribution is -2.32. The Balaban J connectivity index is 3.10. The Morgan fingerprint density at radius 3 is 2.20 bits per heavy atom. The molecule has 0 atom stereocenters. The third-order valence-corrected chi connectivity index (χ3v) is 1.47. The van der Waals surface area contributed by atoms with Crippen molar-refractivity contribution in [2.45, 2.75) is 13.8 Å². The van der Waals surface area contributed by atoms with Crippen molar-refractivity contribution in [3.05, 3.63) is 17.6 Å². The predicted octanol–water partition coefficient (Wildman–Crippen LogP) is -0.424. The molecule has 4 heteroatoms. The molecule has 0 spiro atoms. The molecule has 0 bridgehead atoms. The predicted molar refractivity (Wildman–Crippen MR) is 38.0 cm³/mol. The van der Waals surface area contributed by atoms with Crippen LogP contribution in [-0.2, 0) is 0 Å². The maximum absolute atomic E-state index is 8.77. The summed E-state index contributed by atoms with van der Waals surface area (Å²) in [6, 6.07) is 0. The van der Waals surface area contributed by atoms with Crippen LogP contribution in [0.3, 0.4) is 0 Å². The summed E-state index contributed by atoms with van der Waals surface area (Å²) < 4.78 is 4.94. The van der Waals surface area contributed by atoms with Gasteiger partial charge in [0.1, 0.15) is 5.76 Å². The third kappa shape index (κ3) is 1.08. The summed E-state index contributed by atoms with van der Waals surface area (Å²) in [5, 5.41) is 17.5. The van der Waals surface area contributed by atoms with E-state index >= 15 is 0 Å². The van der Waals surface area contributed by atoms with Gasteiger partial charge in [0.05, 0.1) is 6.26 Å². The molecular formula is C6H9BO3. The Bertz CT molecular complexity index is 209. The second-order valence-electron chi connectivity index (χ2n) is 2.26. The van der Waals surface area contributed by atoms with Gasteiger partial charge in [-0.3, -0.25) is 0 Å². The average molecular weight is 140 g/mol. The van der Waals surface area contributed by atoms with Crippen molar-refractivity contribution < 1.29 is 14.5 Å². The highest BCUT2D eigenvalue weighted by molar-refractivity contribution is 6.59. The van der Waals surface area contributed by atoms with Crippen LogP contribution >= 0.6 is 0 Å². The molecule has 0 aliphatic heterocycles. The summed E-state index contributed by atoms with van der Waals surface area (Å²) in [6.07, 6.45) is 1.50. The van der Waals surface area contributed by atoms with Crippen molar-refractivity contribution in [2.24, 2.45) is 0 Å². The lowest BCUT2D eigenvalue weighted by atomic mass is 9.78. The molecule has 0 radical (unpaired) electrons. The van der Waals surface area contributed by atoms with Crippen molar-refractivity contribution in [1.82, 2.24) is 0 Å². The minimum absolute atomic E-state index is 0.472. The zero-order chi connectivity index (χ0) is 7.72. The molecule has 1 rings (SSSR count). The second-order valence-corrected chi connectivity index (χ2v) is 2.26. The summed E-state index contributed by atoms with van der Waals surface area (Å²) in [5.41, 5.74) is 1.24. The van der Waals surface area contributed by atoms with Crippen LogP contribution in [0.2, 0.25) is 0 Å². The molecule has 1 aromatic rings. The van der Waals surface area contributed by atoms with Gasteiger partial charge < -0.3 is 14.5 Å². The van der Waals surface area contributed by atoms with E-state index in [0.29, 0.717) is 11.2 Å². The molecule has 1 heterocycles. The Labute approximate surface area is 59.4 Å². The van der Waals surface area contributed by atoms with E-state index in [0.717, 1.165) is 5.56 Å². The molecule has 0 aromatic carbocycles. The SMILES string of the molecule is Cc1coc(C)c1B(O)O. The quantitative estimate of drug-likeness (QED) is 0.520. The van der Waals surface area contributed by atoms with E-state index in [9.17, 15) is 0 Å². The lowest BCUT2D eigenvalue weighted by molar-refractivity contribution is 0.424. The van der Waals surface area contributed by atoms with Crippen molar-refractivity contribution in [3.63, 3.8) is 0 Å².